The second kappa shape index (κ2) is 3.91. The minimum atomic E-state index is -0.399. The largest absolute Gasteiger partial charge is 0.343 e. The molecule has 1 amide bonds. The van der Waals surface area contributed by atoms with Gasteiger partial charge >= 0.3 is 0 Å². The molecule has 3 nitrogen and oxygen atoms in total. The summed E-state index contributed by atoms with van der Waals surface area (Å²) in [7, 11) is 1.82. The molecule has 1 aliphatic rings. The van der Waals surface area contributed by atoms with E-state index >= 15 is 0 Å². The van der Waals surface area contributed by atoms with Crippen LogP contribution in [0.2, 0.25) is 0 Å². The van der Waals surface area contributed by atoms with E-state index in [0.29, 0.717) is 6.54 Å². The van der Waals surface area contributed by atoms with Gasteiger partial charge in [0.05, 0.1) is 5.54 Å². The van der Waals surface area contributed by atoms with Crippen LogP contribution >= 0.6 is 0 Å². The van der Waals surface area contributed by atoms with Crippen LogP contribution in [-0.2, 0) is 10.3 Å². The fourth-order valence-corrected chi connectivity index (χ4v) is 2.55. The number of hydrogen-bond acceptors (Lipinski definition) is 2. The molecule has 2 atom stereocenters. The molecule has 2 N–H and O–H groups in total. The Kier molecular flexibility index (Phi) is 2.72. The Bertz CT molecular complexity index is 374. The van der Waals surface area contributed by atoms with Gasteiger partial charge < -0.3 is 10.6 Å². The summed E-state index contributed by atoms with van der Waals surface area (Å²) in [5.41, 5.74) is 7.14. The summed E-state index contributed by atoms with van der Waals surface area (Å²) >= 11 is 0. The lowest BCUT2D eigenvalue weighted by atomic mass is 9.79. The molecule has 1 aromatic carbocycles. The smallest absolute Gasteiger partial charge is 0.225 e. The topological polar surface area (TPSA) is 46.3 Å². The van der Waals surface area contributed by atoms with Gasteiger partial charge in [-0.05, 0) is 12.0 Å². The predicted octanol–water partition coefficient (Wildman–Crippen LogP) is 1.34. The van der Waals surface area contributed by atoms with E-state index in [1.165, 1.54) is 0 Å². The van der Waals surface area contributed by atoms with Crippen LogP contribution in [0.25, 0.3) is 0 Å². The summed E-state index contributed by atoms with van der Waals surface area (Å²) in [5.74, 6) is 0.195. The fourth-order valence-electron chi connectivity index (χ4n) is 2.55. The Morgan fingerprint density at radius 2 is 2.00 bits per heavy atom. The standard InChI is InChI=1S/C13H18N2O/c1-10-8-13(14,9-15(2)12(10)16)11-6-4-3-5-7-11/h3-7,10H,8-9,14H2,1-2H3/t10-,13+/m0/s1. The normalized spacial score (nSPS) is 30.6. The molecule has 1 heterocycles. The van der Waals surface area contributed by atoms with E-state index in [9.17, 15) is 4.79 Å². The Hall–Kier alpha value is -1.35. The Morgan fingerprint density at radius 3 is 2.56 bits per heavy atom. The van der Waals surface area contributed by atoms with Gasteiger partial charge in [-0.3, -0.25) is 4.79 Å². The Balaban J connectivity index is 2.30. The zero-order valence-electron chi connectivity index (χ0n) is 9.81. The molecular formula is C13H18N2O. The molecule has 1 aromatic rings. The summed E-state index contributed by atoms with van der Waals surface area (Å²) in [5, 5.41) is 0. The van der Waals surface area contributed by atoms with Crippen LogP contribution in [0.4, 0.5) is 0 Å². The fraction of sp³-hybridized carbons (Fsp3) is 0.462. The number of carbonyl (C=O) groups excluding carboxylic acids is 1. The lowest BCUT2D eigenvalue weighted by Crippen LogP contribution is -2.55. The van der Waals surface area contributed by atoms with Crippen molar-refractivity contribution in [3.8, 4) is 0 Å². The van der Waals surface area contributed by atoms with Crippen molar-refractivity contribution in [2.45, 2.75) is 18.9 Å². The maximum atomic E-state index is 11.7. The van der Waals surface area contributed by atoms with Crippen LogP contribution in [-0.4, -0.2) is 24.4 Å². The minimum absolute atomic E-state index is 0.00366. The lowest BCUT2D eigenvalue weighted by Gasteiger charge is -2.41. The van der Waals surface area contributed by atoms with Gasteiger partial charge in [-0.15, -0.1) is 0 Å². The molecule has 3 heteroatoms. The summed E-state index contributed by atoms with van der Waals surface area (Å²) in [6.07, 6.45) is 0.722. The van der Waals surface area contributed by atoms with Crippen LogP contribution in [0.1, 0.15) is 18.9 Å². The first-order chi connectivity index (χ1) is 7.53. The monoisotopic (exact) mass is 218 g/mol. The third-order valence-electron chi connectivity index (χ3n) is 3.34. The number of piperidine rings is 1. The number of rotatable bonds is 1. The van der Waals surface area contributed by atoms with Crippen molar-refractivity contribution in [3.05, 3.63) is 35.9 Å². The molecule has 1 fully saturated rings. The van der Waals surface area contributed by atoms with Crippen LogP contribution in [0.15, 0.2) is 30.3 Å². The summed E-state index contributed by atoms with van der Waals surface area (Å²) in [6.45, 7) is 2.54. The van der Waals surface area contributed by atoms with Crippen molar-refractivity contribution >= 4 is 5.91 Å². The molecule has 0 spiro atoms. The van der Waals surface area contributed by atoms with Crippen molar-refractivity contribution in [1.82, 2.24) is 4.90 Å². The van der Waals surface area contributed by atoms with Crippen LogP contribution in [0.3, 0.4) is 0 Å². The number of likely N-dealkylation sites (N-methyl/N-ethyl adjacent to an activating group) is 1. The van der Waals surface area contributed by atoms with E-state index in [4.69, 9.17) is 5.73 Å². The highest BCUT2D eigenvalue weighted by Gasteiger charge is 2.39. The molecule has 86 valence electrons. The summed E-state index contributed by atoms with van der Waals surface area (Å²) in [4.78, 5) is 13.5. The molecule has 1 aliphatic heterocycles. The van der Waals surface area contributed by atoms with E-state index in [2.05, 4.69) is 0 Å². The van der Waals surface area contributed by atoms with E-state index in [-0.39, 0.29) is 11.8 Å². The van der Waals surface area contributed by atoms with Gasteiger partial charge in [-0.2, -0.15) is 0 Å². The first-order valence-corrected chi connectivity index (χ1v) is 5.62. The number of nitrogens with two attached hydrogens (primary N) is 1. The Labute approximate surface area is 96.2 Å². The van der Waals surface area contributed by atoms with Crippen LogP contribution in [0, 0.1) is 5.92 Å². The van der Waals surface area contributed by atoms with Crippen LogP contribution in [0.5, 0.6) is 0 Å². The molecule has 0 unspecified atom stereocenters. The first-order valence-electron chi connectivity index (χ1n) is 5.62. The van der Waals surface area contributed by atoms with Crippen molar-refractivity contribution < 1.29 is 4.79 Å². The molecule has 0 aromatic heterocycles. The lowest BCUT2D eigenvalue weighted by molar-refractivity contribution is -0.138. The van der Waals surface area contributed by atoms with E-state index in [1.807, 2.05) is 44.3 Å². The second-order valence-electron chi connectivity index (χ2n) is 4.82. The van der Waals surface area contributed by atoms with E-state index in [0.717, 1.165) is 12.0 Å². The van der Waals surface area contributed by atoms with Gasteiger partial charge in [0.15, 0.2) is 0 Å². The van der Waals surface area contributed by atoms with Crippen molar-refractivity contribution in [1.29, 1.82) is 0 Å². The summed E-state index contributed by atoms with van der Waals surface area (Å²) in [6, 6.07) is 10.0. The highest BCUT2D eigenvalue weighted by Crippen LogP contribution is 2.31. The minimum Gasteiger partial charge on any atom is -0.343 e. The van der Waals surface area contributed by atoms with E-state index < -0.39 is 5.54 Å². The average molecular weight is 218 g/mol. The molecule has 0 bridgehead atoms. The average Bonchev–Trinajstić information content (AvgIpc) is 2.27. The number of benzene rings is 1. The number of nitrogens with zero attached hydrogens (tertiary/aromatic N) is 1. The zero-order chi connectivity index (χ0) is 11.8. The van der Waals surface area contributed by atoms with Gasteiger partial charge in [0.25, 0.3) is 0 Å². The van der Waals surface area contributed by atoms with E-state index in [1.54, 1.807) is 4.90 Å². The molecule has 2 rings (SSSR count). The van der Waals surface area contributed by atoms with Gasteiger partial charge in [0, 0.05) is 19.5 Å². The summed E-state index contributed by atoms with van der Waals surface area (Å²) < 4.78 is 0. The van der Waals surface area contributed by atoms with Gasteiger partial charge in [0.1, 0.15) is 0 Å². The zero-order valence-corrected chi connectivity index (χ0v) is 9.81. The van der Waals surface area contributed by atoms with Gasteiger partial charge in [-0.1, -0.05) is 37.3 Å². The van der Waals surface area contributed by atoms with Crippen molar-refractivity contribution in [3.63, 3.8) is 0 Å². The molecule has 16 heavy (non-hydrogen) atoms. The van der Waals surface area contributed by atoms with Crippen molar-refractivity contribution in [2.24, 2.45) is 11.7 Å². The van der Waals surface area contributed by atoms with Crippen LogP contribution < -0.4 is 5.73 Å². The number of amides is 1. The maximum absolute atomic E-state index is 11.7. The number of carbonyl (C=O) groups is 1. The number of hydrogen-bond donors (Lipinski definition) is 1. The second-order valence-corrected chi connectivity index (χ2v) is 4.82. The SMILES string of the molecule is C[C@H]1C[C@](N)(c2ccccc2)CN(C)C1=O. The van der Waals surface area contributed by atoms with Gasteiger partial charge in [-0.25, -0.2) is 0 Å². The van der Waals surface area contributed by atoms with Gasteiger partial charge in [0.2, 0.25) is 5.91 Å². The third-order valence-corrected chi connectivity index (χ3v) is 3.34. The quantitative estimate of drug-likeness (QED) is 0.773. The highest BCUT2D eigenvalue weighted by molar-refractivity contribution is 5.79. The number of likely N-dealkylation sites (tertiary alicyclic amines) is 1. The molecule has 0 aliphatic carbocycles. The molecule has 0 radical (unpaired) electrons. The maximum Gasteiger partial charge on any atom is 0.225 e. The molecule has 0 saturated carbocycles. The third kappa shape index (κ3) is 1.83. The van der Waals surface area contributed by atoms with Crippen molar-refractivity contribution in [2.75, 3.05) is 13.6 Å². The predicted molar refractivity (Wildman–Crippen MR) is 63.7 cm³/mol. The Morgan fingerprint density at radius 1 is 1.38 bits per heavy atom. The first kappa shape index (κ1) is 11.1. The highest BCUT2D eigenvalue weighted by atomic mass is 16.2. The molecular weight excluding hydrogens is 200 g/mol. The molecule has 1 saturated heterocycles.